The number of hydrogen-bond acceptors (Lipinski definition) is 3. The zero-order valence-corrected chi connectivity index (χ0v) is 11.1. The molecule has 0 aliphatic carbocycles. The van der Waals surface area contributed by atoms with Crippen molar-refractivity contribution in [2.24, 2.45) is 0 Å². The average Bonchev–Trinajstić information content (AvgIpc) is 2.52. The molecule has 1 amide bonds. The van der Waals surface area contributed by atoms with Crippen LogP contribution in [0.25, 0.3) is 0 Å². The number of carbonyl (C=O) groups excluding carboxylic acids is 1. The molecule has 0 unspecified atom stereocenters. The molecule has 4 heteroatoms. The highest BCUT2D eigenvalue weighted by molar-refractivity contribution is 5.94. The maximum atomic E-state index is 12.0. The molecule has 0 aliphatic rings. The SMILES string of the molecule is C=CCOc1ccc(C(=O)NCc2ccncc2)cc1. The lowest BCUT2D eigenvalue weighted by atomic mass is 10.2. The molecular weight excluding hydrogens is 252 g/mol. The first-order chi connectivity index (χ1) is 9.79. The van der Waals surface area contributed by atoms with Crippen LogP contribution in [-0.2, 0) is 6.54 Å². The van der Waals surface area contributed by atoms with E-state index in [1.165, 1.54) is 0 Å². The van der Waals surface area contributed by atoms with Crippen molar-refractivity contribution in [2.75, 3.05) is 6.61 Å². The topological polar surface area (TPSA) is 51.2 Å². The number of amides is 1. The zero-order valence-electron chi connectivity index (χ0n) is 11.1. The van der Waals surface area contributed by atoms with Gasteiger partial charge in [0.1, 0.15) is 12.4 Å². The van der Waals surface area contributed by atoms with Gasteiger partial charge in [0.15, 0.2) is 0 Å². The number of ether oxygens (including phenoxy) is 1. The van der Waals surface area contributed by atoms with E-state index in [1.807, 2.05) is 12.1 Å². The number of rotatable bonds is 6. The second kappa shape index (κ2) is 7.09. The van der Waals surface area contributed by atoms with Gasteiger partial charge in [-0.05, 0) is 42.0 Å². The molecule has 2 rings (SSSR count). The van der Waals surface area contributed by atoms with Gasteiger partial charge in [-0.1, -0.05) is 12.7 Å². The van der Waals surface area contributed by atoms with Crippen LogP contribution in [0.5, 0.6) is 5.75 Å². The van der Waals surface area contributed by atoms with Crippen LogP contribution in [0.3, 0.4) is 0 Å². The third kappa shape index (κ3) is 3.95. The lowest BCUT2D eigenvalue weighted by Crippen LogP contribution is -2.22. The number of carbonyl (C=O) groups is 1. The highest BCUT2D eigenvalue weighted by Gasteiger charge is 2.05. The largest absolute Gasteiger partial charge is 0.490 e. The number of nitrogens with zero attached hydrogens (tertiary/aromatic N) is 1. The fourth-order valence-corrected chi connectivity index (χ4v) is 1.64. The molecule has 1 aromatic carbocycles. The first kappa shape index (κ1) is 13.8. The molecule has 2 aromatic rings. The molecule has 0 bridgehead atoms. The van der Waals surface area contributed by atoms with E-state index >= 15 is 0 Å². The van der Waals surface area contributed by atoms with Gasteiger partial charge in [-0.15, -0.1) is 0 Å². The van der Waals surface area contributed by atoms with Crippen LogP contribution >= 0.6 is 0 Å². The second-order valence-corrected chi connectivity index (χ2v) is 4.16. The summed E-state index contributed by atoms with van der Waals surface area (Å²) < 4.78 is 5.36. The van der Waals surface area contributed by atoms with Crippen LogP contribution < -0.4 is 10.1 Å². The summed E-state index contributed by atoms with van der Waals surface area (Å²) in [5, 5.41) is 2.85. The maximum absolute atomic E-state index is 12.0. The van der Waals surface area contributed by atoms with Gasteiger partial charge in [0.25, 0.3) is 5.91 Å². The van der Waals surface area contributed by atoms with Crippen LogP contribution in [0.2, 0.25) is 0 Å². The number of pyridine rings is 1. The van der Waals surface area contributed by atoms with Crippen LogP contribution in [0.1, 0.15) is 15.9 Å². The van der Waals surface area contributed by atoms with Crippen molar-refractivity contribution >= 4 is 5.91 Å². The molecule has 20 heavy (non-hydrogen) atoms. The van der Waals surface area contributed by atoms with Crippen LogP contribution in [0, 0.1) is 0 Å². The lowest BCUT2D eigenvalue weighted by molar-refractivity contribution is 0.0951. The van der Waals surface area contributed by atoms with Gasteiger partial charge in [0, 0.05) is 24.5 Å². The molecule has 0 atom stereocenters. The van der Waals surface area contributed by atoms with Crippen molar-refractivity contribution < 1.29 is 9.53 Å². The minimum absolute atomic E-state index is 0.114. The van der Waals surface area contributed by atoms with Crippen LogP contribution in [-0.4, -0.2) is 17.5 Å². The molecule has 0 saturated carbocycles. The van der Waals surface area contributed by atoms with Crippen LogP contribution in [0.4, 0.5) is 0 Å². The molecule has 0 fully saturated rings. The molecule has 0 radical (unpaired) electrons. The highest BCUT2D eigenvalue weighted by atomic mass is 16.5. The summed E-state index contributed by atoms with van der Waals surface area (Å²) in [6.45, 7) is 4.52. The van der Waals surface area contributed by atoms with Gasteiger partial charge in [0.05, 0.1) is 0 Å². The Morgan fingerprint density at radius 1 is 1.20 bits per heavy atom. The van der Waals surface area contributed by atoms with E-state index in [-0.39, 0.29) is 5.91 Å². The van der Waals surface area contributed by atoms with E-state index in [9.17, 15) is 4.79 Å². The van der Waals surface area contributed by atoms with E-state index in [1.54, 1.807) is 42.7 Å². The van der Waals surface area contributed by atoms with Crippen LogP contribution in [0.15, 0.2) is 61.4 Å². The third-order valence-electron chi connectivity index (χ3n) is 2.69. The Balaban J connectivity index is 1.90. The first-order valence-corrected chi connectivity index (χ1v) is 6.30. The van der Waals surface area contributed by atoms with Crippen molar-refractivity contribution in [3.63, 3.8) is 0 Å². The van der Waals surface area contributed by atoms with Crippen molar-refractivity contribution in [3.8, 4) is 5.75 Å². The summed E-state index contributed by atoms with van der Waals surface area (Å²) in [6.07, 6.45) is 5.08. The smallest absolute Gasteiger partial charge is 0.251 e. The Morgan fingerprint density at radius 2 is 1.90 bits per heavy atom. The quantitative estimate of drug-likeness (QED) is 0.819. The fraction of sp³-hybridized carbons (Fsp3) is 0.125. The normalized spacial score (nSPS) is 9.80. The predicted molar refractivity (Wildman–Crippen MR) is 77.5 cm³/mol. The Labute approximate surface area is 118 Å². The highest BCUT2D eigenvalue weighted by Crippen LogP contribution is 2.12. The van der Waals surface area contributed by atoms with Gasteiger partial charge in [-0.3, -0.25) is 9.78 Å². The molecule has 0 saturated heterocycles. The van der Waals surface area contributed by atoms with E-state index in [0.717, 1.165) is 11.3 Å². The Morgan fingerprint density at radius 3 is 2.55 bits per heavy atom. The number of hydrogen-bond donors (Lipinski definition) is 1. The van der Waals surface area contributed by atoms with Crippen molar-refractivity contribution in [1.82, 2.24) is 10.3 Å². The van der Waals surface area contributed by atoms with Gasteiger partial charge >= 0.3 is 0 Å². The van der Waals surface area contributed by atoms with E-state index < -0.39 is 0 Å². The molecule has 0 spiro atoms. The summed E-state index contributed by atoms with van der Waals surface area (Å²) in [5.41, 5.74) is 1.62. The van der Waals surface area contributed by atoms with Crippen molar-refractivity contribution in [1.29, 1.82) is 0 Å². The summed E-state index contributed by atoms with van der Waals surface area (Å²) in [4.78, 5) is 15.9. The molecule has 4 nitrogen and oxygen atoms in total. The molecular formula is C16H16N2O2. The van der Waals surface area contributed by atoms with E-state index in [0.29, 0.717) is 18.7 Å². The Hall–Kier alpha value is -2.62. The summed E-state index contributed by atoms with van der Waals surface area (Å²) in [7, 11) is 0. The number of benzene rings is 1. The average molecular weight is 268 g/mol. The molecule has 1 aromatic heterocycles. The maximum Gasteiger partial charge on any atom is 0.251 e. The van der Waals surface area contributed by atoms with E-state index in [2.05, 4.69) is 16.9 Å². The van der Waals surface area contributed by atoms with E-state index in [4.69, 9.17) is 4.74 Å². The molecule has 1 N–H and O–H groups in total. The Bertz CT molecular complexity index is 565. The second-order valence-electron chi connectivity index (χ2n) is 4.16. The van der Waals surface area contributed by atoms with Gasteiger partial charge in [0.2, 0.25) is 0 Å². The predicted octanol–water partition coefficient (Wildman–Crippen LogP) is 2.58. The van der Waals surface area contributed by atoms with Gasteiger partial charge in [-0.25, -0.2) is 0 Å². The molecule has 102 valence electrons. The monoisotopic (exact) mass is 268 g/mol. The molecule has 1 heterocycles. The van der Waals surface area contributed by atoms with Crippen molar-refractivity contribution in [3.05, 3.63) is 72.6 Å². The summed E-state index contributed by atoms with van der Waals surface area (Å²) in [6, 6.07) is 10.7. The first-order valence-electron chi connectivity index (χ1n) is 6.30. The van der Waals surface area contributed by atoms with Gasteiger partial charge < -0.3 is 10.1 Å². The van der Waals surface area contributed by atoms with Crippen molar-refractivity contribution in [2.45, 2.75) is 6.54 Å². The number of aromatic nitrogens is 1. The summed E-state index contributed by atoms with van der Waals surface area (Å²) >= 11 is 0. The standard InChI is InChI=1S/C16H16N2O2/c1-2-11-20-15-5-3-14(4-6-15)16(19)18-12-13-7-9-17-10-8-13/h2-10H,1,11-12H2,(H,18,19). The Kier molecular flexibility index (Phi) is 4.89. The number of nitrogens with one attached hydrogen (secondary N) is 1. The minimum atomic E-state index is -0.114. The molecule has 0 aliphatic heterocycles. The van der Waals surface area contributed by atoms with Gasteiger partial charge in [-0.2, -0.15) is 0 Å². The zero-order chi connectivity index (χ0) is 14.2. The lowest BCUT2D eigenvalue weighted by Gasteiger charge is -2.07. The minimum Gasteiger partial charge on any atom is -0.490 e. The summed E-state index contributed by atoms with van der Waals surface area (Å²) in [5.74, 6) is 0.604. The fourth-order valence-electron chi connectivity index (χ4n) is 1.64. The third-order valence-corrected chi connectivity index (χ3v) is 2.69.